The second-order valence-corrected chi connectivity index (χ2v) is 8.09. The van der Waals surface area contributed by atoms with E-state index in [9.17, 15) is 13.6 Å². The Balaban J connectivity index is 1.76. The zero-order chi connectivity index (χ0) is 24.2. The molecule has 2 heterocycles. The molecular formula is C25H22ClF2N5O. The molecule has 0 saturated heterocycles. The molecule has 2 N–H and O–H groups in total. The van der Waals surface area contributed by atoms with Crippen LogP contribution in [0.5, 0.6) is 0 Å². The maximum absolute atomic E-state index is 14.1. The smallest absolute Gasteiger partial charge is 0.252 e. The van der Waals surface area contributed by atoms with Gasteiger partial charge in [0.25, 0.3) is 5.91 Å². The molecule has 4 rings (SSSR count). The van der Waals surface area contributed by atoms with Crippen LogP contribution < -0.4 is 10.6 Å². The monoisotopic (exact) mass is 481 g/mol. The SMILES string of the molecule is CCNC(=O)c1c(C)c(Cl)cc(CCNc2ncnc3cccnc23)c1-c1cc(F)cc(F)c1. The molecule has 0 atom stereocenters. The number of aromatic nitrogens is 3. The highest BCUT2D eigenvalue weighted by molar-refractivity contribution is 6.32. The second-order valence-electron chi connectivity index (χ2n) is 7.68. The molecule has 0 aliphatic heterocycles. The summed E-state index contributed by atoms with van der Waals surface area (Å²) in [5.41, 5.74) is 3.54. The molecule has 0 bridgehead atoms. The van der Waals surface area contributed by atoms with Crippen molar-refractivity contribution < 1.29 is 13.6 Å². The summed E-state index contributed by atoms with van der Waals surface area (Å²) in [6.07, 6.45) is 3.51. The third-order valence-electron chi connectivity index (χ3n) is 5.40. The summed E-state index contributed by atoms with van der Waals surface area (Å²) in [6.45, 7) is 4.31. The fourth-order valence-corrected chi connectivity index (χ4v) is 4.12. The molecule has 0 spiro atoms. The van der Waals surface area contributed by atoms with Crippen LogP contribution >= 0.6 is 11.6 Å². The van der Waals surface area contributed by atoms with Crippen molar-refractivity contribution >= 4 is 34.4 Å². The fraction of sp³-hybridized carbons (Fsp3) is 0.200. The Hall–Kier alpha value is -3.65. The number of amides is 1. The lowest BCUT2D eigenvalue weighted by molar-refractivity contribution is 0.0955. The Bertz CT molecular complexity index is 1350. The highest BCUT2D eigenvalue weighted by atomic mass is 35.5. The topological polar surface area (TPSA) is 79.8 Å². The zero-order valence-electron chi connectivity index (χ0n) is 18.6. The minimum Gasteiger partial charge on any atom is -0.368 e. The van der Waals surface area contributed by atoms with Gasteiger partial charge in [-0.2, -0.15) is 0 Å². The maximum atomic E-state index is 14.1. The van der Waals surface area contributed by atoms with Gasteiger partial charge in [-0.25, -0.2) is 18.7 Å². The van der Waals surface area contributed by atoms with Gasteiger partial charge in [0, 0.05) is 30.4 Å². The third-order valence-corrected chi connectivity index (χ3v) is 5.79. The Morgan fingerprint density at radius 3 is 2.59 bits per heavy atom. The Labute approximate surface area is 200 Å². The second kappa shape index (κ2) is 10.1. The molecule has 4 aromatic rings. The largest absolute Gasteiger partial charge is 0.368 e. The van der Waals surface area contributed by atoms with Gasteiger partial charge in [0.1, 0.15) is 23.5 Å². The van der Waals surface area contributed by atoms with Gasteiger partial charge in [-0.3, -0.25) is 9.78 Å². The number of rotatable bonds is 7. The highest BCUT2D eigenvalue weighted by Crippen LogP contribution is 2.35. The van der Waals surface area contributed by atoms with Crippen LogP contribution in [0.25, 0.3) is 22.2 Å². The van der Waals surface area contributed by atoms with Crippen LogP contribution in [0.4, 0.5) is 14.6 Å². The van der Waals surface area contributed by atoms with Crippen molar-refractivity contribution in [1.82, 2.24) is 20.3 Å². The van der Waals surface area contributed by atoms with Gasteiger partial charge in [-0.15, -0.1) is 0 Å². The van der Waals surface area contributed by atoms with E-state index in [0.29, 0.717) is 63.6 Å². The summed E-state index contributed by atoms with van der Waals surface area (Å²) in [6, 6.07) is 8.59. The van der Waals surface area contributed by atoms with Crippen molar-refractivity contribution in [2.75, 3.05) is 18.4 Å². The number of pyridine rings is 1. The van der Waals surface area contributed by atoms with Gasteiger partial charge in [0.2, 0.25) is 0 Å². The van der Waals surface area contributed by atoms with Gasteiger partial charge >= 0.3 is 0 Å². The van der Waals surface area contributed by atoms with E-state index < -0.39 is 11.6 Å². The molecule has 34 heavy (non-hydrogen) atoms. The predicted octanol–water partition coefficient (Wildman–Crippen LogP) is 5.34. The minimum absolute atomic E-state index is 0.266. The van der Waals surface area contributed by atoms with Crippen molar-refractivity contribution in [3.05, 3.63) is 82.3 Å². The van der Waals surface area contributed by atoms with Crippen LogP contribution in [0.1, 0.15) is 28.4 Å². The van der Waals surface area contributed by atoms with E-state index in [0.717, 1.165) is 6.07 Å². The number of anilines is 1. The van der Waals surface area contributed by atoms with E-state index in [1.807, 2.05) is 6.07 Å². The molecule has 1 amide bonds. The van der Waals surface area contributed by atoms with Crippen molar-refractivity contribution in [2.24, 2.45) is 0 Å². The summed E-state index contributed by atoms with van der Waals surface area (Å²) >= 11 is 6.48. The van der Waals surface area contributed by atoms with Gasteiger partial charge < -0.3 is 10.6 Å². The first-order valence-electron chi connectivity index (χ1n) is 10.7. The van der Waals surface area contributed by atoms with E-state index >= 15 is 0 Å². The van der Waals surface area contributed by atoms with E-state index in [4.69, 9.17) is 11.6 Å². The lowest BCUT2D eigenvalue weighted by atomic mass is 9.89. The average molecular weight is 482 g/mol. The summed E-state index contributed by atoms with van der Waals surface area (Å²) in [4.78, 5) is 25.8. The number of benzene rings is 2. The molecular weight excluding hydrogens is 460 g/mol. The van der Waals surface area contributed by atoms with Gasteiger partial charge in [0.05, 0.1) is 11.1 Å². The Morgan fingerprint density at radius 1 is 1.09 bits per heavy atom. The van der Waals surface area contributed by atoms with E-state index in [1.54, 1.807) is 32.2 Å². The number of nitrogens with one attached hydrogen (secondary N) is 2. The summed E-state index contributed by atoms with van der Waals surface area (Å²) in [7, 11) is 0. The first-order chi connectivity index (χ1) is 16.4. The Kier molecular flexibility index (Phi) is 6.98. The van der Waals surface area contributed by atoms with Gasteiger partial charge in [0.15, 0.2) is 5.82 Å². The highest BCUT2D eigenvalue weighted by Gasteiger charge is 2.22. The molecule has 0 aliphatic rings. The summed E-state index contributed by atoms with van der Waals surface area (Å²) < 4.78 is 28.3. The van der Waals surface area contributed by atoms with Gasteiger partial charge in [-0.1, -0.05) is 11.6 Å². The maximum Gasteiger partial charge on any atom is 0.252 e. The van der Waals surface area contributed by atoms with E-state index in [-0.39, 0.29) is 11.5 Å². The third kappa shape index (κ3) is 4.82. The summed E-state index contributed by atoms with van der Waals surface area (Å²) in [5, 5.41) is 6.41. The van der Waals surface area contributed by atoms with Crippen LogP contribution in [-0.2, 0) is 6.42 Å². The molecule has 6 nitrogen and oxygen atoms in total. The Morgan fingerprint density at radius 2 is 1.85 bits per heavy atom. The summed E-state index contributed by atoms with van der Waals surface area (Å²) in [5.74, 6) is -1.26. The molecule has 0 fully saturated rings. The number of hydrogen-bond donors (Lipinski definition) is 2. The van der Waals surface area contributed by atoms with E-state index in [1.165, 1.54) is 18.5 Å². The molecule has 0 aliphatic carbocycles. The number of halogens is 3. The quantitative estimate of drug-likeness (QED) is 0.372. The van der Waals surface area contributed by atoms with Crippen LogP contribution in [0, 0.1) is 18.6 Å². The van der Waals surface area contributed by atoms with Crippen LogP contribution in [-0.4, -0.2) is 33.9 Å². The van der Waals surface area contributed by atoms with E-state index in [2.05, 4.69) is 25.6 Å². The van der Waals surface area contributed by atoms with Crippen LogP contribution in [0.3, 0.4) is 0 Å². The zero-order valence-corrected chi connectivity index (χ0v) is 19.4. The first-order valence-corrected chi connectivity index (χ1v) is 11.1. The fourth-order valence-electron chi connectivity index (χ4n) is 3.90. The molecule has 0 saturated carbocycles. The molecule has 2 aromatic carbocycles. The van der Waals surface area contributed by atoms with Crippen molar-refractivity contribution in [2.45, 2.75) is 20.3 Å². The molecule has 174 valence electrons. The van der Waals surface area contributed by atoms with Gasteiger partial charge in [-0.05, 0) is 72.9 Å². The molecule has 0 unspecified atom stereocenters. The van der Waals surface area contributed by atoms with Crippen molar-refractivity contribution in [3.63, 3.8) is 0 Å². The number of hydrogen-bond acceptors (Lipinski definition) is 5. The number of carbonyl (C=O) groups excluding carboxylic acids is 1. The lowest BCUT2D eigenvalue weighted by Crippen LogP contribution is -2.25. The minimum atomic E-state index is -0.730. The average Bonchev–Trinajstić information content (AvgIpc) is 2.80. The lowest BCUT2D eigenvalue weighted by Gasteiger charge is -2.19. The van der Waals surface area contributed by atoms with Crippen molar-refractivity contribution in [1.29, 1.82) is 0 Å². The number of nitrogens with zero attached hydrogens (tertiary/aromatic N) is 3. The first kappa shape index (κ1) is 23.5. The number of carbonyl (C=O) groups is 1. The normalized spacial score (nSPS) is 11.0. The molecule has 2 aromatic heterocycles. The van der Waals surface area contributed by atoms with Crippen LogP contribution in [0.2, 0.25) is 5.02 Å². The predicted molar refractivity (Wildman–Crippen MR) is 129 cm³/mol. The number of fused-ring (bicyclic) bond motifs is 1. The standard InChI is InChI=1S/C25H22ClF2N5O/c1-3-29-25(34)21-14(2)19(26)11-15(22(21)16-9-17(27)12-18(28)10-16)6-8-31-24-23-20(32-13-33-24)5-4-7-30-23/h4-5,7,9-13H,3,6,8H2,1-2H3,(H,29,34)(H,31,32,33). The van der Waals surface area contributed by atoms with Crippen LogP contribution in [0.15, 0.2) is 48.9 Å². The molecule has 9 heteroatoms. The van der Waals surface area contributed by atoms with Crippen molar-refractivity contribution in [3.8, 4) is 11.1 Å². The molecule has 0 radical (unpaired) electrons.